The average molecular weight is 436 g/mol. The Kier molecular flexibility index (Phi) is 7.67. The van der Waals surface area contributed by atoms with Gasteiger partial charge in [0, 0.05) is 26.0 Å². The van der Waals surface area contributed by atoms with Gasteiger partial charge in [-0.1, -0.05) is 18.2 Å². The molecular weight excluding hydrogens is 415 g/mol. The number of hydrogen-bond donors (Lipinski definition) is 1. The Hall–Kier alpha value is -4.03. The van der Waals surface area contributed by atoms with Crippen LogP contribution in [-0.4, -0.2) is 35.1 Å². The second kappa shape index (κ2) is 10.8. The fourth-order valence-corrected chi connectivity index (χ4v) is 2.82. The lowest BCUT2D eigenvalue weighted by Crippen LogP contribution is -2.27. The van der Waals surface area contributed by atoms with Crippen molar-refractivity contribution < 1.29 is 18.7 Å². The zero-order valence-electron chi connectivity index (χ0n) is 17.4. The summed E-state index contributed by atoms with van der Waals surface area (Å²) in [6.45, 7) is 3.21. The van der Waals surface area contributed by atoms with E-state index in [9.17, 15) is 19.2 Å². The minimum atomic E-state index is -0.654. The van der Waals surface area contributed by atoms with Crippen LogP contribution in [0.15, 0.2) is 59.0 Å². The third kappa shape index (κ3) is 5.36. The Morgan fingerprint density at radius 3 is 2.81 bits per heavy atom. The quantitative estimate of drug-likeness (QED) is 0.314. The number of nitriles is 1. The second-order valence-electron chi connectivity index (χ2n) is 6.57. The normalized spacial score (nSPS) is 11.2. The SMILES string of the molecule is CCOCCCNC(=O)/C(C#N)=C/c1c(Oc2ccccc2F)nc2ccccn2c1=O. The minimum Gasteiger partial charge on any atom is -0.435 e. The fourth-order valence-electron chi connectivity index (χ4n) is 2.82. The van der Waals surface area contributed by atoms with E-state index in [0.29, 0.717) is 26.2 Å². The van der Waals surface area contributed by atoms with E-state index < -0.39 is 17.3 Å². The predicted octanol–water partition coefficient (Wildman–Crippen LogP) is 3.08. The Balaban J connectivity index is 2.00. The third-order valence-electron chi connectivity index (χ3n) is 4.39. The van der Waals surface area contributed by atoms with E-state index in [2.05, 4.69) is 10.3 Å². The van der Waals surface area contributed by atoms with Gasteiger partial charge in [-0.3, -0.25) is 14.0 Å². The maximum absolute atomic E-state index is 14.1. The highest BCUT2D eigenvalue weighted by atomic mass is 19.1. The van der Waals surface area contributed by atoms with Crippen molar-refractivity contribution in [2.24, 2.45) is 0 Å². The van der Waals surface area contributed by atoms with Crippen LogP contribution in [0.1, 0.15) is 18.9 Å². The van der Waals surface area contributed by atoms with Crippen LogP contribution in [0.3, 0.4) is 0 Å². The number of nitrogens with zero attached hydrogens (tertiary/aromatic N) is 3. The van der Waals surface area contributed by atoms with Crippen molar-refractivity contribution in [1.29, 1.82) is 5.26 Å². The molecular formula is C23H21FN4O4. The van der Waals surface area contributed by atoms with Crippen molar-refractivity contribution in [1.82, 2.24) is 14.7 Å². The van der Waals surface area contributed by atoms with Crippen molar-refractivity contribution in [3.05, 3.63) is 76.0 Å². The number of benzene rings is 1. The summed E-state index contributed by atoms with van der Waals surface area (Å²) >= 11 is 0. The number of hydrogen-bond acceptors (Lipinski definition) is 6. The topological polar surface area (TPSA) is 106 Å². The number of fused-ring (bicyclic) bond motifs is 1. The van der Waals surface area contributed by atoms with Crippen LogP contribution in [0.4, 0.5) is 4.39 Å². The monoisotopic (exact) mass is 436 g/mol. The molecule has 0 spiro atoms. The number of para-hydroxylation sites is 1. The molecule has 2 aromatic heterocycles. The summed E-state index contributed by atoms with van der Waals surface area (Å²) in [5.41, 5.74) is -0.772. The molecule has 2 heterocycles. The van der Waals surface area contributed by atoms with Gasteiger partial charge in [0.1, 0.15) is 22.9 Å². The van der Waals surface area contributed by atoms with Crippen LogP contribution in [-0.2, 0) is 9.53 Å². The zero-order valence-corrected chi connectivity index (χ0v) is 17.4. The number of pyridine rings is 1. The molecule has 9 heteroatoms. The first-order valence-corrected chi connectivity index (χ1v) is 9.96. The molecule has 0 bridgehead atoms. The third-order valence-corrected chi connectivity index (χ3v) is 4.39. The van der Waals surface area contributed by atoms with E-state index >= 15 is 0 Å². The van der Waals surface area contributed by atoms with Crippen LogP contribution in [0, 0.1) is 17.1 Å². The van der Waals surface area contributed by atoms with E-state index in [1.165, 1.54) is 28.8 Å². The van der Waals surface area contributed by atoms with E-state index in [-0.39, 0.29) is 28.4 Å². The Morgan fingerprint density at radius 1 is 1.28 bits per heavy atom. The number of carbonyl (C=O) groups excluding carboxylic acids is 1. The molecule has 0 radical (unpaired) electrons. The first-order valence-electron chi connectivity index (χ1n) is 9.96. The van der Waals surface area contributed by atoms with Gasteiger partial charge >= 0.3 is 0 Å². The molecule has 0 aliphatic rings. The molecule has 164 valence electrons. The number of aromatic nitrogens is 2. The first-order chi connectivity index (χ1) is 15.5. The van der Waals surface area contributed by atoms with Crippen LogP contribution >= 0.6 is 0 Å². The zero-order chi connectivity index (χ0) is 22.9. The van der Waals surface area contributed by atoms with Crippen LogP contribution in [0.5, 0.6) is 11.6 Å². The number of halogens is 1. The maximum atomic E-state index is 14.1. The van der Waals surface area contributed by atoms with Crippen LogP contribution < -0.4 is 15.6 Å². The molecule has 3 aromatic rings. The molecule has 0 atom stereocenters. The lowest BCUT2D eigenvalue weighted by atomic mass is 10.1. The molecule has 3 rings (SSSR count). The summed E-state index contributed by atoms with van der Waals surface area (Å²) in [7, 11) is 0. The summed E-state index contributed by atoms with van der Waals surface area (Å²) < 4.78 is 26.2. The fraction of sp³-hybridized carbons (Fsp3) is 0.217. The Labute approximate surface area is 183 Å². The lowest BCUT2D eigenvalue weighted by molar-refractivity contribution is -0.117. The van der Waals surface area contributed by atoms with Crippen molar-refractivity contribution in [2.75, 3.05) is 19.8 Å². The lowest BCUT2D eigenvalue weighted by Gasteiger charge is -2.11. The molecule has 0 aliphatic heterocycles. The van der Waals surface area contributed by atoms with Gasteiger partial charge < -0.3 is 14.8 Å². The smallest absolute Gasteiger partial charge is 0.269 e. The Morgan fingerprint density at radius 2 is 2.06 bits per heavy atom. The number of amides is 1. The highest BCUT2D eigenvalue weighted by Gasteiger charge is 2.18. The first kappa shape index (κ1) is 22.7. The number of ether oxygens (including phenoxy) is 2. The van der Waals surface area contributed by atoms with Gasteiger partial charge in [0.25, 0.3) is 11.5 Å². The van der Waals surface area contributed by atoms with E-state index in [1.54, 1.807) is 30.3 Å². The van der Waals surface area contributed by atoms with Gasteiger partial charge in [-0.25, -0.2) is 4.39 Å². The van der Waals surface area contributed by atoms with Crippen molar-refractivity contribution in [3.63, 3.8) is 0 Å². The molecule has 32 heavy (non-hydrogen) atoms. The van der Waals surface area contributed by atoms with Gasteiger partial charge in [0.2, 0.25) is 5.88 Å². The summed E-state index contributed by atoms with van der Waals surface area (Å²) in [6, 6.07) is 12.3. The molecule has 1 N–H and O–H groups in total. The summed E-state index contributed by atoms with van der Waals surface area (Å²) in [4.78, 5) is 29.8. The molecule has 0 aliphatic carbocycles. The van der Waals surface area contributed by atoms with Gasteiger partial charge in [-0.05, 0) is 43.7 Å². The largest absolute Gasteiger partial charge is 0.435 e. The summed E-state index contributed by atoms with van der Waals surface area (Å²) in [5, 5.41) is 12.1. The predicted molar refractivity (Wildman–Crippen MR) is 116 cm³/mol. The van der Waals surface area contributed by atoms with Gasteiger partial charge in [-0.15, -0.1) is 0 Å². The number of rotatable bonds is 9. The van der Waals surface area contributed by atoms with Gasteiger partial charge in [-0.2, -0.15) is 10.2 Å². The number of nitrogens with one attached hydrogen (secondary N) is 1. The van der Waals surface area contributed by atoms with Crippen molar-refractivity contribution in [3.8, 4) is 17.7 Å². The molecule has 0 saturated carbocycles. The number of carbonyl (C=O) groups is 1. The standard InChI is InChI=1S/C23H21FN4O4/c1-2-31-13-7-11-26-21(29)16(15-25)14-17-22(32-19-9-4-3-8-18(19)24)27-20-10-5-6-12-28(20)23(17)30/h3-6,8-10,12,14H,2,7,11,13H2,1H3,(H,26,29)/b16-14+. The second-order valence-corrected chi connectivity index (χ2v) is 6.57. The molecule has 1 aromatic carbocycles. The van der Waals surface area contributed by atoms with Crippen LogP contribution in [0.2, 0.25) is 0 Å². The Bertz CT molecular complexity index is 1250. The van der Waals surface area contributed by atoms with Crippen molar-refractivity contribution >= 4 is 17.6 Å². The molecule has 8 nitrogen and oxygen atoms in total. The average Bonchev–Trinajstić information content (AvgIpc) is 2.80. The van der Waals surface area contributed by atoms with Gasteiger partial charge in [0.15, 0.2) is 11.6 Å². The van der Waals surface area contributed by atoms with E-state index in [4.69, 9.17) is 9.47 Å². The van der Waals surface area contributed by atoms with Gasteiger partial charge in [0.05, 0.1) is 0 Å². The maximum Gasteiger partial charge on any atom is 0.269 e. The highest BCUT2D eigenvalue weighted by Crippen LogP contribution is 2.26. The van der Waals surface area contributed by atoms with Crippen LogP contribution in [0.25, 0.3) is 11.7 Å². The molecule has 0 fully saturated rings. The van der Waals surface area contributed by atoms with E-state index in [1.807, 2.05) is 6.92 Å². The molecule has 1 amide bonds. The minimum absolute atomic E-state index is 0.145. The molecule has 0 saturated heterocycles. The van der Waals surface area contributed by atoms with Crippen molar-refractivity contribution in [2.45, 2.75) is 13.3 Å². The van der Waals surface area contributed by atoms with E-state index in [0.717, 1.165) is 6.08 Å². The summed E-state index contributed by atoms with van der Waals surface area (Å²) in [5.74, 6) is -1.67. The highest BCUT2D eigenvalue weighted by molar-refractivity contribution is 6.01. The molecule has 0 unspecified atom stereocenters. The summed E-state index contributed by atoms with van der Waals surface area (Å²) in [6.07, 6.45) is 3.16.